The molecule has 0 aliphatic rings. The average Bonchev–Trinajstić information content (AvgIpc) is 2.28. The summed E-state index contributed by atoms with van der Waals surface area (Å²) in [6.45, 7) is 1.30. The topological polar surface area (TPSA) is 113 Å². The van der Waals surface area contributed by atoms with E-state index >= 15 is 0 Å². The van der Waals surface area contributed by atoms with Gasteiger partial charge in [-0.25, -0.2) is 13.6 Å². The smallest absolute Gasteiger partial charge is 0.330 e. The highest BCUT2D eigenvalue weighted by molar-refractivity contribution is 5.60. The molecule has 1 rings (SSSR count). The molecule has 5 N–H and O–H groups in total. The van der Waals surface area contributed by atoms with Gasteiger partial charge in [-0.1, -0.05) is 0 Å². The van der Waals surface area contributed by atoms with Crippen LogP contribution in [0.5, 0.6) is 0 Å². The number of anilines is 2. The number of alkyl halides is 2. The Morgan fingerprint density at radius 1 is 1.50 bits per heavy atom. The summed E-state index contributed by atoms with van der Waals surface area (Å²) in [6.07, 6.45) is -4.86. The first-order chi connectivity index (χ1) is 8.38. The first-order valence-corrected chi connectivity index (χ1v) is 5.21. The number of H-pyrrole nitrogens is 1. The Kier molecular flexibility index (Phi) is 4.43. The zero-order valence-electron chi connectivity index (χ0n) is 9.61. The number of hydrogen-bond acceptors (Lipinski definition) is 5. The van der Waals surface area contributed by atoms with Crippen LogP contribution in [0.4, 0.5) is 20.3 Å². The normalized spacial score (nSPS) is 12.7. The van der Waals surface area contributed by atoms with E-state index in [1.165, 1.54) is 0 Å². The van der Waals surface area contributed by atoms with Gasteiger partial charge in [-0.3, -0.25) is 14.3 Å². The van der Waals surface area contributed by atoms with Crippen LogP contribution in [0.2, 0.25) is 0 Å². The van der Waals surface area contributed by atoms with Crippen LogP contribution in [0.1, 0.15) is 6.92 Å². The number of aromatic amines is 1. The summed E-state index contributed by atoms with van der Waals surface area (Å²) >= 11 is 0. The number of nitrogens with one attached hydrogen (secondary N) is 2. The number of aromatic nitrogens is 2. The predicted molar refractivity (Wildman–Crippen MR) is 61.9 cm³/mol. The molecule has 102 valence electrons. The summed E-state index contributed by atoms with van der Waals surface area (Å²) in [4.78, 5) is 24.7. The van der Waals surface area contributed by atoms with Crippen molar-refractivity contribution in [3.05, 3.63) is 20.8 Å². The molecule has 1 unspecified atom stereocenters. The highest BCUT2D eigenvalue weighted by Crippen LogP contribution is 2.10. The Hall–Kier alpha value is -1.90. The Bertz CT molecular complexity index is 526. The third kappa shape index (κ3) is 2.86. The maximum atomic E-state index is 12.1. The first-order valence-electron chi connectivity index (χ1n) is 5.21. The van der Waals surface area contributed by atoms with Crippen LogP contribution in [0, 0.1) is 0 Å². The molecule has 0 aromatic carbocycles. The molecule has 0 bridgehead atoms. The lowest BCUT2D eigenvalue weighted by Gasteiger charge is -2.14. The van der Waals surface area contributed by atoms with Gasteiger partial charge in [0.15, 0.2) is 0 Å². The molecule has 0 aliphatic heterocycles. The molecule has 0 aliphatic carbocycles. The highest BCUT2D eigenvalue weighted by Gasteiger charge is 2.18. The molecular weight excluding hydrogens is 250 g/mol. The van der Waals surface area contributed by atoms with E-state index in [0.717, 1.165) is 4.57 Å². The molecule has 18 heavy (non-hydrogen) atoms. The van der Waals surface area contributed by atoms with Crippen LogP contribution >= 0.6 is 0 Å². The van der Waals surface area contributed by atoms with E-state index in [0.29, 0.717) is 0 Å². The van der Waals surface area contributed by atoms with Crippen LogP contribution < -0.4 is 22.3 Å². The van der Waals surface area contributed by atoms with Crippen LogP contribution in [-0.2, 0) is 6.54 Å². The van der Waals surface area contributed by atoms with Crippen LogP contribution in [0.25, 0.3) is 0 Å². The Morgan fingerprint density at radius 2 is 2.11 bits per heavy atom. The molecule has 1 heterocycles. The number of nitrogen functional groups attached to an aromatic ring is 1. The maximum Gasteiger partial charge on any atom is 0.330 e. The van der Waals surface area contributed by atoms with E-state index in [1.54, 1.807) is 6.92 Å². The summed E-state index contributed by atoms with van der Waals surface area (Å²) in [5.41, 5.74) is 3.86. The highest BCUT2D eigenvalue weighted by atomic mass is 19.3. The van der Waals surface area contributed by atoms with Gasteiger partial charge in [0.2, 0.25) is 0 Å². The van der Waals surface area contributed by atoms with Gasteiger partial charge in [-0.15, -0.1) is 0 Å². The van der Waals surface area contributed by atoms with Gasteiger partial charge in [-0.2, -0.15) is 0 Å². The van der Waals surface area contributed by atoms with Gasteiger partial charge in [0.1, 0.15) is 17.6 Å². The quantitative estimate of drug-likeness (QED) is 0.555. The monoisotopic (exact) mass is 264 g/mol. The molecule has 0 saturated carbocycles. The molecular formula is C9H14F2N4O3. The number of aliphatic hydroxyl groups excluding tert-OH is 1. The van der Waals surface area contributed by atoms with Gasteiger partial charge in [0.25, 0.3) is 12.0 Å². The van der Waals surface area contributed by atoms with Gasteiger partial charge in [0.05, 0.1) is 0 Å². The van der Waals surface area contributed by atoms with Crippen LogP contribution in [0.15, 0.2) is 9.59 Å². The van der Waals surface area contributed by atoms with Crippen molar-refractivity contribution in [1.29, 1.82) is 0 Å². The Labute approximate surface area is 100 Å². The first kappa shape index (κ1) is 14.2. The third-order valence-corrected chi connectivity index (χ3v) is 2.33. The van der Waals surface area contributed by atoms with Crippen molar-refractivity contribution in [1.82, 2.24) is 9.55 Å². The van der Waals surface area contributed by atoms with Crippen LogP contribution in [-0.4, -0.2) is 33.7 Å². The molecule has 7 nitrogen and oxygen atoms in total. The molecule has 0 amide bonds. The van der Waals surface area contributed by atoms with Crippen molar-refractivity contribution in [3.8, 4) is 0 Å². The molecule has 0 fully saturated rings. The summed E-state index contributed by atoms with van der Waals surface area (Å²) in [5.74, 6) is -0.160. The molecule has 1 aromatic rings. The zero-order chi connectivity index (χ0) is 13.9. The molecule has 1 atom stereocenters. The number of rotatable bonds is 5. The van der Waals surface area contributed by atoms with Gasteiger partial charge >= 0.3 is 5.69 Å². The zero-order valence-corrected chi connectivity index (χ0v) is 9.61. The number of hydrogen-bond donors (Lipinski definition) is 4. The second kappa shape index (κ2) is 5.63. The molecule has 9 heteroatoms. The lowest BCUT2D eigenvalue weighted by atomic mass is 10.3. The second-order valence-electron chi connectivity index (χ2n) is 3.55. The third-order valence-electron chi connectivity index (χ3n) is 2.33. The van der Waals surface area contributed by atoms with E-state index in [9.17, 15) is 18.4 Å². The second-order valence-corrected chi connectivity index (χ2v) is 3.55. The van der Waals surface area contributed by atoms with Crippen molar-refractivity contribution < 1.29 is 13.9 Å². The fourth-order valence-corrected chi connectivity index (χ4v) is 1.37. The van der Waals surface area contributed by atoms with E-state index in [-0.39, 0.29) is 18.1 Å². The van der Waals surface area contributed by atoms with Crippen LogP contribution in [0.3, 0.4) is 0 Å². The standard InChI is InChI=1S/C9H14F2N4O3/c1-2-15-7(12)5(8(17)14-9(15)18)13-3-4(16)6(10)11/h4,6,13,16H,2-3,12H2,1H3,(H,14,17,18). The van der Waals surface area contributed by atoms with Gasteiger partial charge in [0, 0.05) is 13.1 Å². The summed E-state index contributed by atoms with van der Waals surface area (Å²) < 4.78 is 25.2. The van der Waals surface area contributed by atoms with E-state index in [4.69, 9.17) is 10.8 Å². The average molecular weight is 264 g/mol. The number of halogens is 2. The fraction of sp³-hybridized carbons (Fsp3) is 0.556. The molecule has 0 spiro atoms. The van der Waals surface area contributed by atoms with Crippen molar-refractivity contribution in [2.75, 3.05) is 17.6 Å². The lowest BCUT2D eigenvalue weighted by molar-refractivity contribution is 0.00383. The number of nitrogens with two attached hydrogens (primary N) is 1. The minimum atomic E-state index is -2.94. The van der Waals surface area contributed by atoms with Gasteiger partial charge in [-0.05, 0) is 6.92 Å². The van der Waals surface area contributed by atoms with Gasteiger partial charge < -0.3 is 16.2 Å². The largest absolute Gasteiger partial charge is 0.385 e. The van der Waals surface area contributed by atoms with E-state index in [2.05, 4.69) is 5.32 Å². The lowest BCUT2D eigenvalue weighted by Crippen LogP contribution is -2.35. The van der Waals surface area contributed by atoms with E-state index < -0.39 is 30.3 Å². The minimum Gasteiger partial charge on any atom is -0.385 e. The molecule has 0 saturated heterocycles. The van der Waals surface area contributed by atoms with Crippen molar-refractivity contribution in [2.45, 2.75) is 26.0 Å². The van der Waals surface area contributed by atoms with Crippen molar-refractivity contribution >= 4 is 11.5 Å². The Morgan fingerprint density at radius 3 is 2.61 bits per heavy atom. The summed E-state index contributed by atoms with van der Waals surface area (Å²) in [7, 11) is 0. The maximum absolute atomic E-state index is 12.1. The summed E-state index contributed by atoms with van der Waals surface area (Å²) in [5, 5.41) is 11.2. The molecule has 1 aromatic heterocycles. The SMILES string of the molecule is CCn1c(N)c(NCC(O)C(F)F)c(=O)[nH]c1=O. The summed E-state index contributed by atoms with van der Waals surface area (Å²) in [6, 6.07) is 0. The van der Waals surface area contributed by atoms with Crippen molar-refractivity contribution in [2.24, 2.45) is 0 Å². The Balaban J connectivity index is 3.03. The number of nitrogens with zero attached hydrogens (tertiary/aromatic N) is 1. The number of aliphatic hydroxyl groups is 1. The molecule has 0 radical (unpaired) electrons. The minimum absolute atomic E-state index is 0.160. The van der Waals surface area contributed by atoms with Crippen molar-refractivity contribution in [3.63, 3.8) is 0 Å². The fourth-order valence-electron chi connectivity index (χ4n) is 1.37. The van der Waals surface area contributed by atoms with E-state index in [1.807, 2.05) is 4.98 Å². The predicted octanol–water partition coefficient (Wildman–Crippen LogP) is -0.823.